The molecule has 124 valence electrons. The van der Waals surface area contributed by atoms with Crippen LogP contribution in [0.3, 0.4) is 0 Å². The van der Waals surface area contributed by atoms with Crippen molar-refractivity contribution in [1.82, 2.24) is 19.7 Å². The summed E-state index contributed by atoms with van der Waals surface area (Å²) in [5, 5.41) is 14.4. The van der Waals surface area contributed by atoms with Gasteiger partial charge in [-0.3, -0.25) is 4.79 Å². The third kappa shape index (κ3) is 3.12. The van der Waals surface area contributed by atoms with Crippen molar-refractivity contribution in [3.8, 4) is 0 Å². The zero-order valence-electron chi connectivity index (χ0n) is 13.2. The molecular formula is C15H21N5O3. The summed E-state index contributed by atoms with van der Waals surface area (Å²) in [7, 11) is 1.35. The minimum Gasteiger partial charge on any atom is -0.468 e. The fourth-order valence-corrected chi connectivity index (χ4v) is 3.14. The number of carbonyl (C=O) groups excluding carboxylic acids is 1. The highest BCUT2D eigenvalue weighted by atomic mass is 16.5. The van der Waals surface area contributed by atoms with Crippen molar-refractivity contribution in [1.29, 1.82) is 0 Å². The van der Waals surface area contributed by atoms with Crippen LogP contribution in [0, 0.1) is 0 Å². The van der Waals surface area contributed by atoms with Crippen molar-refractivity contribution in [3.05, 3.63) is 12.5 Å². The van der Waals surface area contributed by atoms with E-state index in [1.165, 1.54) is 18.1 Å². The van der Waals surface area contributed by atoms with E-state index in [1.807, 2.05) is 0 Å². The fourth-order valence-electron chi connectivity index (χ4n) is 3.14. The Morgan fingerprint density at radius 2 is 2.30 bits per heavy atom. The van der Waals surface area contributed by atoms with Crippen LogP contribution in [0.5, 0.6) is 0 Å². The number of hydrogen-bond donors (Lipinski definition) is 1. The zero-order chi connectivity index (χ0) is 16.2. The van der Waals surface area contributed by atoms with Crippen LogP contribution >= 0.6 is 0 Å². The number of nitrogens with zero attached hydrogens (tertiary/aromatic N) is 5. The molecule has 1 aliphatic rings. The first-order valence-electron chi connectivity index (χ1n) is 7.85. The molecule has 8 heteroatoms. The van der Waals surface area contributed by atoms with Gasteiger partial charge < -0.3 is 14.7 Å². The van der Waals surface area contributed by atoms with Crippen LogP contribution in [-0.4, -0.2) is 57.1 Å². The first-order valence-corrected chi connectivity index (χ1v) is 7.85. The summed E-state index contributed by atoms with van der Waals surface area (Å²) in [5.74, 6) is 0.454. The average Bonchev–Trinajstić information content (AvgIpc) is 2.99. The van der Waals surface area contributed by atoms with Crippen molar-refractivity contribution < 1.29 is 14.6 Å². The number of ether oxygens (including phenoxy) is 1. The van der Waals surface area contributed by atoms with Crippen LogP contribution in [-0.2, 0) is 16.1 Å². The van der Waals surface area contributed by atoms with Gasteiger partial charge >= 0.3 is 5.97 Å². The lowest BCUT2D eigenvalue weighted by molar-refractivity contribution is -0.141. The van der Waals surface area contributed by atoms with Crippen molar-refractivity contribution >= 4 is 22.8 Å². The van der Waals surface area contributed by atoms with Gasteiger partial charge in [-0.25, -0.2) is 14.6 Å². The normalized spacial score (nSPS) is 18.3. The highest BCUT2D eigenvalue weighted by Crippen LogP contribution is 2.29. The van der Waals surface area contributed by atoms with Crippen LogP contribution in [0.1, 0.15) is 25.7 Å². The smallest absolute Gasteiger partial charge is 0.327 e. The van der Waals surface area contributed by atoms with Gasteiger partial charge in [-0.2, -0.15) is 5.10 Å². The summed E-state index contributed by atoms with van der Waals surface area (Å²) in [6.07, 6.45) is 7.22. The van der Waals surface area contributed by atoms with Crippen LogP contribution in [0.4, 0.5) is 5.82 Å². The van der Waals surface area contributed by atoms with Gasteiger partial charge in [0.25, 0.3) is 0 Å². The van der Waals surface area contributed by atoms with Crippen molar-refractivity contribution in [3.63, 3.8) is 0 Å². The van der Waals surface area contributed by atoms with Gasteiger partial charge in [-0.1, -0.05) is 0 Å². The number of fused-ring (bicyclic) bond motifs is 1. The molecule has 1 atom stereocenters. The third-order valence-corrected chi connectivity index (χ3v) is 4.28. The number of hydrogen-bond acceptors (Lipinski definition) is 7. The average molecular weight is 319 g/mol. The Balaban J connectivity index is 1.96. The molecule has 0 aliphatic carbocycles. The molecule has 1 N–H and O–H groups in total. The van der Waals surface area contributed by atoms with E-state index in [2.05, 4.69) is 24.7 Å². The highest BCUT2D eigenvalue weighted by molar-refractivity contribution is 5.87. The number of carbonyl (C=O) groups is 1. The van der Waals surface area contributed by atoms with Gasteiger partial charge in [-0.15, -0.1) is 0 Å². The maximum absolute atomic E-state index is 11.5. The topological polar surface area (TPSA) is 93.4 Å². The second-order valence-electron chi connectivity index (χ2n) is 5.67. The first kappa shape index (κ1) is 15.7. The lowest BCUT2D eigenvalue weighted by Crippen LogP contribution is -2.40. The minimum absolute atomic E-state index is 0.0243. The predicted molar refractivity (Wildman–Crippen MR) is 84.0 cm³/mol. The van der Waals surface area contributed by atoms with E-state index < -0.39 is 0 Å². The predicted octanol–water partition coefficient (Wildman–Crippen LogP) is 0.741. The second kappa shape index (κ2) is 6.91. The summed E-state index contributed by atoms with van der Waals surface area (Å²) in [6.45, 7) is 1.09. The Kier molecular flexibility index (Phi) is 4.71. The Hall–Kier alpha value is -2.22. The lowest BCUT2D eigenvalue weighted by Gasteiger charge is -2.36. The Bertz CT molecular complexity index is 685. The Labute approximate surface area is 134 Å². The zero-order valence-corrected chi connectivity index (χ0v) is 13.2. The first-order chi connectivity index (χ1) is 11.2. The molecule has 0 aromatic carbocycles. The van der Waals surface area contributed by atoms with Gasteiger partial charge in [0, 0.05) is 19.2 Å². The largest absolute Gasteiger partial charge is 0.468 e. The molecular weight excluding hydrogens is 298 g/mol. The molecule has 0 amide bonds. The molecule has 0 saturated carbocycles. The molecule has 1 fully saturated rings. The molecule has 3 rings (SSSR count). The number of aliphatic hydroxyl groups excluding tert-OH is 1. The van der Waals surface area contributed by atoms with Crippen LogP contribution in [0.15, 0.2) is 12.5 Å². The monoisotopic (exact) mass is 319 g/mol. The summed E-state index contributed by atoms with van der Waals surface area (Å²) in [5.41, 5.74) is 0.619. The number of esters is 1. The van der Waals surface area contributed by atoms with Crippen LogP contribution in [0.25, 0.3) is 11.0 Å². The number of methoxy groups -OCH3 is 1. The van der Waals surface area contributed by atoms with E-state index in [0.29, 0.717) is 5.65 Å². The molecule has 1 saturated heterocycles. The number of aromatic nitrogens is 4. The molecule has 3 heterocycles. The summed E-state index contributed by atoms with van der Waals surface area (Å²) in [6, 6.07) is 0.274. The van der Waals surface area contributed by atoms with E-state index in [1.54, 1.807) is 6.20 Å². The number of piperidine rings is 1. The lowest BCUT2D eigenvalue weighted by atomic mass is 9.99. The van der Waals surface area contributed by atoms with E-state index in [-0.39, 0.29) is 25.2 Å². The highest BCUT2D eigenvalue weighted by Gasteiger charge is 2.25. The van der Waals surface area contributed by atoms with E-state index in [0.717, 1.165) is 43.4 Å². The van der Waals surface area contributed by atoms with E-state index >= 15 is 0 Å². The Morgan fingerprint density at radius 1 is 1.43 bits per heavy atom. The minimum atomic E-state index is -0.369. The summed E-state index contributed by atoms with van der Waals surface area (Å²) < 4.78 is 6.21. The number of rotatable bonds is 5. The van der Waals surface area contributed by atoms with Crippen molar-refractivity contribution in [2.75, 3.05) is 25.2 Å². The van der Waals surface area contributed by atoms with Crippen molar-refractivity contribution in [2.45, 2.75) is 38.3 Å². The third-order valence-electron chi connectivity index (χ3n) is 4.28. The van der Waals surface area contributed by atoms with E-state index in [9.17, 15) is 9.90 Å². The van der Waals surface area contributed by atoms with Gasteiger partial charge in [0.15, 0.2) is 5.65 Å². The van der Waals surface area contributed by atoms with Gasteiger partial charge in [0.1, 0.15) is 18.7 Å². The molecule has 2 aromatic heterocycles. The van der Waals surface area contributed by atoms with Gasteiger partial charge in [0.2, 0.25) is 0 Å². The second-order valence-corrected chi connectivity index (χ2v) is 5.67. The molecule has 0 bridgehead atoms. The van der Waals surface area contributed by atoms with Crippen LogP contribution in [0.2, 0.25) is 0 Å². The fraction of sp³-hybridized carbons (Fsp3) is 0.600. The molecule has 1 aliphatic heterocycles. The molecule has 0 spiro atoms. The molecule has 8 nitrogen and oxygen atoms in total. The van der Waals surface area contributed by atoms with E-state index in [4.69, 9.17) is 0 Å². The molecule has 23 heavy (non-hydrogen) atoms. The maximum atomic E-state index is 11.5. The van der Waals surface area contributed by atoms with Gasteiger partial charge in [-0.05, 0) is 25.7 Å². The molecule has 0 radical (unpaired) electrons. The van der Waals surface area contributed by atoms with Crippen LogP contribution < -0.4 is 4.90 Å². The van der Waals surface area contributed by atoms with Crippen molar-refractivity contribution in [2.24, 2.45) is 0 Å². The van der Waals surface area contributed by atoms with Gasteiger partial charge in [0.05, 0.1) is 18.7 Å². The SMILES string of the molecule is COC(=O)Cn1ncc2c(N3CCCCC3CCO)ncnc21. The summed E-state index contributed by atoms with van der Waals surface area (Å²) >= 11 is 0. The molecule has 1 unspecified atom stereocenters. The maximum Gasteiger partial charge on any atom is 0.327 e. The molecule has 2 aromatic rings. The summed E-state index contributed by atoms with van der Waals surface area (Å²) in [4.78, 5) is 22.4. The number of aliphatic hydroxyl groups is 1. The Morgan fingerprint density at radius 3 is 3.09 bits per heavy atom. The number of anilines is 1. The quantitative estimate of drug-likeness (QED) is 0.812. The standard InChI is InChI=1S/C15H21N5O3/c1-23-13(22)9-20-15-12(8-18-20)14(16-10-17-15)19-6-3-2-4-11(19)5-7-21/h8,10-11,21H,2-7,9H2,1H3.